The van der Waals surface area contributed by atoms with E-state index in [-0.39, 0.29) is 0 Å². The highest BCUT2D eigenvalue weighted by molar-refractivity contribution is 5.21. The van der Waals surface area contributed by atoms with E-state index in [9.17, 15) is 0 Å². The summed E-state index contributed by atoms with van der Waals surface area (Å²) in [7, 11) is 2.00. The average molecular weight is 177 g/mol. The lowest BCUT2D eigenvalue weighted by molar-refractivity contribution is 0.0885. The highest BCUT2D eigenvalue weighted by Crippen LogP contribution is 2.25. The number of rotatable bonds is 3. The first-order valence-electron chi connectivity index (χ1n) is 4.77. The molecule has 0 saturated heterocycles. The first kappa shape index (κ1) is 8.57. The van der Waals surface area contributed by atoms with E-state index in [4.69, 9.17) is 4.74 Å². The molecule has 0 aromatic heterocycles. The number of nitrogens with one attached hydrogen (secondary N) is 1. The first-order valence-corrected chi connectivity index (χ1v) is 4.77. The Morgan fingerprint density at radius 3 is 2.54 bits per heavy atom. The SMILES string of the molecule is CNC1CC(Oc2ccccc2)C1. The molecule has 1 saturated carbocycles. The molecule has 1 aromatic rings. The van der Waals surface area contributed by atoms with Gasteiger partial charge in [0.2, 0.25) is 0 Å². The minimum atomic E-state index is 0.417. The van der Waals surface area contributed by atoms with Crippen LogP contribution in [0.1, 0.15) is 12.8 Å². The molecule has 1 aliphatic rings. The van der Waals surface area contributed by atoms with Crippen LogP contribution < -0.4 is 10.1 Å². The molecule has 0 unspecified atom stereocenters. The third-order valence-electron chi connectivity index (χ3n) is 2.55. The monoisotopic (exact) mass is 177 g/mol. The van der Waals surface area contributed by atoms with Gasteiger partial charge in [-0.15, -0.1) is 0 Å². The largest absolute Gasteiger partial charge is 0.490 e. The summed E-state index contributed by atoms with van der Waals surface area (Å²) in [5.74, 6) is 0.988. The zero-order valence-corrected chi connectivity index (χ0v) is 7.86. The van der Waals surface area contributed by atoms with E-state index in [1.165, 1.54) is 0 Å². The van der Waals surface area contributed by atoms with Gasteiger partial charge in [-0.25, -0.2) is 0 Å². The van der Waals surface area contributed by atoms with Crippen molar-refractivity contribution in [3.8, 4) is 5.75 Å². The third kappa shape index (κ3) is 2.01. The fourth-order valence-corrected chi connectivity index (χ4v) is 1.59. The van der Waals surface area contributed by atoms with Crippen LogP contribution in [0.25, 0.3) is 0 Å². The van der Waals surface area contributed by atoms with Crippen LogP contribution in [0, 0.1) is 0 Å². The van der Waals surface area contributed by atoms with Crippen molar-refractivity contribution in [3.05, 3.63) is 30.3 Å². The highest BCUT2D eigenvalue weighted by Gasteiger charge is 2.29. The lowest BCUT2D eigenvalue weighted by Gasteiger charge is -2.35. The van der Waals surface area contributed by atoms with E-state index in [0.717, 1.165) is 18.6 Å². The minimum absolute atomic E-state index is 0.417. The Morgan fingerprint density at radius 1 is 1.23 bits per heavy atom. The van der Waals surface area contributed by atoms with Gasteiger partial charge in [-0.2, -0.15) is 0 Å². The van der Waals surface area contributed by atoms with E-state index in [0.29, 0.717) is 12.1 Å². The molecule has 1 fully saturated rings. The molecule has 0 radical (unpaired) electrons. The van der Waals surface area contributed by atoms with Gasteiger partial charge in [-0.05, 0) is 32.0 Å². The molecule has 1 N–H and O–H groups in total. The number of hydrogen-bond acceptors (Lipinski definition) is 2. The number of ether oxygens (including phenoxy) is 1. The Hall–Kier alpha value is -1.02. The van der Waals surface area contributed by atoms with Gasteiger partial charge in [0.25, 0.3) is 0 Å². The fraction of sp³-hybridized carbons (Fsp3) is 0.455. The smallest absolute Gasteiger partial charge is 0.119 e. The molecule has 0 aliphatic heterocycles. The second-order valence-corrected chi connectivity index (χ2v) is 3.51. The summed E-state index contributed by atoms with van der Waals surface area (Å²) >= 11 is 0. The minimum Gasteiger partial charge on any atom is -0.490 e. The van der Waals surface area contributed by atoms with Crippen LogP contribution in [-0.2, 0) is 0 Å². The van der Waals surface area contributed by atoms with E-state index >= 15 is 0 Å². The van der Waals surface area contributed by atoms with Gasteiger partial charge in [0.05, 0.1) is 0 Å². The standard InChI is InChI=1S/C11H15NO/c1-12-9-7-11(8-9)13-10-5-3-2-4-6-10/h2-6,9,11-12H,7-8H2,1H3. The number of hydrogen-bond donors (Lipinski definition) is 1. The van der Waals surface area contributed by atoms with Crippen LogP contribution in [-0.4, -0.2) is 19.2 Å². The van der Waals surface area contributed by atoms with E-state index in [1.54, 1.807) is 0 Å². The third-order valence-corrected chi connectivity index (χ3v) is 2.55. The molecule has 0 spiro atoms. The molecular formula is C11H15NO. The second kappa shape index (κ2) is 3.79. The lowest BCUT2D eigenvalue weighted by Crippen LogP contribution is -2.45. The van der Waals surface area contributed by atoms with Gasteiger partial charge in [0, 0.05) is 6.04 Å². The van der Waals surface area contributed by atoms with E-state index in [1.807, 2.05) is 37.4 Å². The quantitative estimate of drug-likeness (QED) is 0.760. The topological polar surface area (TPSA) is 21.3 Å². The molecule has 70 valence electrons. The Kier molecular flexibility index (Phi) is 2.50. The maximum atomic E-state index is 5.74. The van der Waals surface area contributed by atoms with Crippen LogP contribution in [0.15, 0.2) is 30.3 Å². The van der Waals surface area contributed by atoms with Crippen LogP contribution in [0.2, 0.25) is 0 Å². The Balaban J connectivity index is 1.81. The van der Waals surface area contributed by atoms with Crippen molar-refractivity contribution >= 4 is 0 Å². The summed E-state index contributed by atoms with van der Waals surface area (Å²) < 4.78 is 5.74. The van der Waals surface area contributed by atoms with Crippen molar-refractivity contribution in [2.24, 2.45) is 0 Å². The lowest BCUT2D eigenvalue weighted by atomic mass is 9.89. The van der Waals surface area contributed by atoms with Crippen molar-refractivity contribution in [2.75, 3.05) is 7.05 Å². The molecule has 0 heterocycles. The summed E-state index contributed by atoms with van der Waals surface area (Å²) in [6.45, 7) is 0. The van der Waals surface area contributed by atoms with Crippen LogP contribution >= 0.6 is 0 Å². The molecule has 2 heteroatoms. The summed E-state index contributed by atoms with van der Waals surface area (Å²) in [6.07, 6.45) is 2.68. The predicted molar refractivity (Wildman–Crippen MR) is 52.9 cm³/mol. The van der Waals surface area contributed by atoms with Gasteiger partial charge >= 0.3 is 0 Å². The molecule has 1 aromatic carbocycles. The van der Waals surface area contributed by atoms with Crippen molar-refractivity contribution in [3.63, 3.8) is 0 Å². The van der Waals surface area contributed by atoms with Crippen molar-refractivity contribution in [1.29, 1.82) is 0 Å². The predicted octanol–water partition coefficient (Wildman–Crippen LogP) is 1.82. The molecule has 0 amide bonds. The normalized spacial score (nSPS) is 26.5. The summed E-state index contributed by atoms with van der Waals surface area (Å²) in [5.41, 5.74) is 0. The van der Waals surface area contributed by atoms with Crippen molar-refractivity contribution in [2.45, 2.75) is 25.0 Å². The maximum absolute atomic E-state index is 5.74. The van der Waals surface area contributed by atoms with E-state index < -0.39 is 0 Å². The van der Waals surface area contributed by atoms with Gasteiger partial charge in [-0.3, -0.25) is 0 Å². The highest BCUT2D eigenvalue weighted by atomic mass is 16.5. The molecule has 13 heavy (non-hydrogen) atoms. The van der Waals surface area contributed by atoms with Crippen molar-refractivity contribution < 1.29 is 4.74 Å². The zero-order chi connectivity index (χ0) is 9.10. The summed E-state index contributed by atoms with van der Waals surface area (Å²) in [6, 6.07) is 10.7. The first-order chi connectivity index (χ1) is 6.38. The Bertz CT molecular complexity index is 254. The van der Waals surface area contributed by atoms with Crippen LogP contribution in [0.4, 0.5) is 0 Å². The second-order valence-electron chi connectivity index (χ2n) is 3.51. The van der Waals surface area contributed by atoms with Crippen LogP contribution in [0.5, 0.6) is 5.75 Å². The van der Waals surface area contributed by atoms with Gasteiger partial charge in [0.1, 0.15) is 11.9 Å². The maximum Gasteiger partial charge on any atom is 0.119 e. The molecule has 2 rings (SSSR count). The van der Waals surface area contributed by atoms with Crippen LogP contribution in [0.3, 0.4) is 0 Å². The number of benzene rings is 1. The fourth-order valence-electron chi connectivity index (χ4n) is 1.59. The average Bonchev–Trinajstić information content (AvgIpc) is 2.12. The van der Waals surface area contributed by atoms with Gasteiger partial charge in [0.15, 0.2) is 0 Å². The Morgan fingerprint density at radius 2 is 1.92 bits per heavy atom. The summed E-state index contributed by atoms with van der Waals surface area (Å²) in [5, 5.41) is 3.24. The van der Waals surface area contributed by atoms with Crippen molar-refractivity contribution in [1.82, 2.24) is 5.32 Å². The summed E-state index contributed by atoms with van der Waals surface area (Å²) in [4.78, 5) is 0. The molecule has 0 atom stereocenters. The van der Waals surface area contributed by atoms with E-state index in [2.05, 4.69) is 5.32 Å². The van der Waals surface area contributed by atoms with Gasteiger partial charge in [-0.1, -0.05) is 18.2 Å². The van der Waals surface area contributed by atoms with Gasteiger partial charge < -0.3 is 10.1 Å². The molecule has 1 aliphatic carbocycles. The molecular weight excluding hydrogens is 162 g/mol. The Labute approximate surface area is 78.9 Å². The number of para-hydroxylation sites is 1. The molecule has 0 bridgehead atoms. The molecule has 2 nitrogen and oxygen atoms in total. The zero-order valence-electron chi connectivity index (χ0n) is 7.86.